The summed E-state index contributed by atoms with van der Waals surface area (Å²) in [5.41, 5.74) is 0.799. The van der Waals surface area contributed by atoms with Gasteiger partial charge in [-0.25, -0.2) is 0 Å². The number of fused-ring (bicyclic) bond motifs is 1. The van der Waals surface area contributed by atoms with Gasteiger partial charge in [0.15, 0.2) is 0 Å². The third-order valence-electron chi connectivity index (χ3n) is 1.63. The van der Waals surface area contributed by atoms with Gasteiger partial charge in [-0.1, -0.05) is 23.4 Å². The summed E-state index contributed by atoms with van der Waals surface area (Å²) < 4.78 is 5.30. The Morgan fingerprint density at radius 3 is 2.92 bits per heavy atom. The van der Waals surface area contributed by atoms with Gasteiger partial charge in [-0.15, -0.1) is 0 Å². The molecule has 0 bridgehead atoms. The molecule has 0 radical (unpaired) electrons. The number of rotatable bonds is 1. The Bertz CT molecular complexity index is 384. The van der Waals surface area contributed by atoms with E-state index >= 15 is 0 Å². The summed E-state index contributed by atoms with van der Waals surface area (Å²) in [4.78, 5) is 0. The predicted molar refractivity (Wildman–Crippen MR) is 45.6 cm³/mol. The molecule has 1 aromatic carbocycles. The minimum absolute atomic E-state index is 0.554. The lowest BCUT2D eigenvalue weighted by Crippen LogP contribution is -1.70. The number of para-hydroxylation sites is 1. The maximum atomic E-state index is 8.25. The first-order chi connectivity index (χ1) is 5.90. The van der Waals surface area contributed by atoms with Crippen molar-refractivity contribution in [2.24, 2.45) is 5.16 Å². The Balaban J connectivity index is 2.62. The molecule has 0 atom stereocenters. The first-order valence-corrected chi connectivity index (χ1v) is 3.56. The first kappa shape index (κ1) is 6.91. The van der Waals surface area contributed by atoms with Crippen LogP contribution in [0, 0.1) is 0 Å². The molecule has 0 aliphatic rings. The number of hydrogen-bond acceptors (Lipinski definition) is 3. The fourth-order valence-electron chi connectivity index (χ4n) is 1.12. The van der Waals surface area contributed by atoms with Crippen molar-refractivity contribution in [3.8, 4) is 0 Å². The Morgan fingerprint density at radius 1 is 1.33 bits per heavy atom. The van der Waals surface area contributed by atoms with Crippen LogP contribution < -0.4 is 0 Å². The van der Waals surface area contributed by atoms with E-state index in [1.165, 1.54) is 6.21 Å². The molecule has 60 valence electrons. The quantitative estimate of drug-likeness (QED) is 0.396. The lowest BCUT2D eigenvalue weighted by molar-refractivity contribution is 0.321. The summed E-state index contributed by atoms with van der Waals surface area (Å²) in [5, 5.41) is 12.1. The van der Waals surface area contributed by atoms with Crippen molar-refractivity contribution in [1.29, 1.82) is 0 Å². The van der Waals surface area contributed by atoms with Gasteiger partial charge in [-0.2, -0.15) is 0 Å². The fraction of sp³-hybridized carbons (Fsp3) is 0. The van der Waals surface area contributed by atoms with E-state index in [4.69, 9.17) is 9.62 Å². The van der Waals surface area contributed by atoms with Crippen molar-refractivity contribution in [2.45, 2.75) is 0 Å². The van der Waals surface area contributed by atoms with Gasteiger partial charge in [0.25, 0.3) is 0 Å². The summed E-state index contributed by atoms with van der Waals surface area (Å²) >= 11 is 0. The van der Waals surface area contributed by atoms with E-state index in [9.17, 15) is 0 Å². The molecule has 0 fully saturated rings. The zero-order valence-electron chi connectivity index (χ0n) is 6.27. The average Bonchev–Trinajstić information content (AvgIpc) is 2.47. The van der Waals surface area contributed by atoms with Crippen LogP contribution in [-0.2, 0) is 0 Å². The van der Waals surface area contributed by atoms with E-state index < -0.39 is 0 Å². The van der Waals surface area contributed by atoms with Crippen molar-refractivity contribution >= 4 is 17.2 Å². The van der Waals surface area contributed by atoms with Gasteiger partial charge in [0.1, 0.15) is 17.6 Å². The van der Waals surface area contributed by atoms with E-state index in [0.717, 1.165) is 11.0 Å². The summed E-state index contributed by atoms with van der Waals surface area (Å²) in [7, 11) is 0. The third-order valence-corrected chi connectivity index (χ3v) is 1.63. The zero-order chi connectivity index (χ0) is 8.39. The van der Waals surface area contributed by atoms with E-state index in [2.05, 4.69) is 5.16 Å². The van der Waals surface area contributed by atoms with Crippen molar-refractivity contribution in [2.75, 3.05) is 0 Å². The molecule has 0 aliphatic heterocycles. The van der Waals surface area contributed by atoms with Gasteiger partial charge < -0.3 is 9.62 Å². The third kappa shape index (κ3) is 1.05. The number of benzene rings is 1. The van der Waals surface area contributed by atoms with Crippen molar-refractivity contribution in [3.63, 3.8) is 0 Å². The minimum atomic E-state index is 0.554. The van der Waals surface area contributed by atoms with Crippen LogP contribution in [0.4, 0.5) is 0 Å². The minimum Gasteiger partial charge on any atom is -0.455 e. The SMILES string of the molecule is ON=Cc1cc2ccccc2o1. The van der Waals surface area contributed by atoms with Crippen molar-refractivity contribution < 1.29 is 9.62 Å². The summed E-state index contributed by atoms with van der Waals surface area (Å²) in [6, 6.07) is 9.44. The summed E-state index contributed by atoms with van der Waals surface area (Å²) in [6.07, 6.45) is 1.26. The van der Waals surface area contributed by atoms with Crippen LogP contribution in [0.25, 0.3) is 11.0 Å². The van der Waals surface area contributed by atoms with Gasteiger partial charge in [-0.05, 0) is 12.1 Å². The maximum Gasteiger partial charge on any atom is 0.149 e. The largest absolute Gasteiger partial charge is 0.455 e. The Labute approximate surface area is 68.9 Å². The Morgan fingerprint density at radius 2 is 2.17 bits per heavy atom. The van der Waals surface area contributed by atoms with E-state index in [1.54, 1.807) is 0 Å². The second-order valence-electron chi connectivity index (χ2n) is 2.43. The smallest absolute Gasteiger partial charge is 0.149 e. The standard InChI is InChI=1S/C9H7NO2/c11-10-6-8-5-7-3-1-2-4-9(7)12-8/h1-6,11H. The van der Waals surface area contributed by atoms with Crippen LogP contribution in [0.1, 0.15) is 5.76 Å². The predicted octanol–water partition coefficient (Wildman–Crippen LogP) is 2.24. The Kier molecular flexibility index (Phi) is 1.55. The summed E-state index contributed by atoms with van der Waals surface area (Å²) in [5.74, 6) is 0.554. The molecular weight excluding hydrogens is 154 g/mol. The van der Waals surface area contributed by atoms with Crippen LogP contribution in [0.3, 0.4) is 0 Å². The Hall–Kier alpha value is -1.77. The number of nitrogens with zero attached hydrogens (tertiary/aromatic N) is 1. The van der Waals surface area contributed by atoms with Gasteiger partial charge in [0.2, 0.25) is 0 Å². The molecule has 1 N–H and O–H groups in total. The molecule has 0 amide bonds. The number of hydrogen-bond donors (Lipinski definition) is 1. The highest BCUT2D eigenvalue weighted by Crippen LogP contribution is 2.17. The highest BCUT2D eigenvalue weighted by atomic mass is 16.4. The van der Waals surface area contributed by atoms with Crippen molar-refractivity contribution in [3.05, 3.63) is 36.1 Å². The normalized spacial score (nSPS) is 11.3. The second kappa shape index (κ2) is 2.70. The molecule has 1 aromatic heterocycles. The van der Waals surface area contributed by atoms with Gasteiger partial charge in [0.05, 0.1) is 0 Å². The topological polar surface area (TPSA) is 45.7 Å². The molecule has 1 heterocycles. The van der Waals surface area contributed by atoms with Gasteiger partial charge in [-0.3, -0.25) is 0 Å². The molecule has 0 saturated heterocycles. The maximum absolute atomic E-state index is 8.25. The van der Waals surface area contributed by atoms with Crippen molar-refractivity contribution in [1.82, 2.24) is 0 Å². The number of oxime groups is 1. The molecule has 2 aromatic rings. The van der Waals surface area contributed by atoms with Crippen LogP contribution in [0.5, 0.6) is 0 Å². The van der Waals surface area contributed by atoms with E-state index in [-0.39, 0.29) is 0 Å². The lowest BCUT2D eigenvalue weighted by atomic mass is 10.2. The fourth-order valence-corrected chi connectivity index (χ4v) is 1.12. The van der Waals surface area contributed by atoms with Crippen LogP contribution in [-0.4, -0.2) is 11.4 Å². The molecular formula is C9H7NO2. The highest BCUT2D eigenvalue weighted by Gasteiger charge is 1.98. The second-order valence-corrected chi connectivity index (χ2v) is 2.43. The van der Waals surface area contributed by atoms with Crippen LogP contribution in [0.2, 0.25) is 0 Å². The van der Waals surface area contributed by atoms with Crippen LogP contribution >= 0.6 is 0 Å². The monoisotopic (exact) mass is 161 g/mol. The molecule has 0 saturated carbocycles. The molecule has 0 aliphatic carbocycles. The van der Waals surface area contributed by atoms with E-state index in [1.807, 2.05) is 30.3 Å². The molecule has 12 heavy (non-hydrogen) atoms. The average molecular weight is 161 g/mol. The van der Waals surface area contributed by atoms with E-state index in [0.29, 0.717) is 5.76 Å². The molecule has 2 rings (SSSR count). The van der Waals surface area contributed by atoms with Gasteiger partial charge in [0, 0.05) is 5.39 Å². The van der Waals surface area contributed by atoms with Gasteiger partial charge >= 0.3 is 0 Å². The number of furan rings is 1. The molecule has 3 nitrogen and oxygen atoms in total. The van der Waals surface area contributed by atoms with Crippen LogP contribution in [0.15, 0.2) is 39.9 Å². The first-order valence-electron chi connectivity index (χ1n) is 3.56. The molecule has 0 spiro atoms. The molecule has 0 unspecified atom stereocenters. The zero-order valence-corrected chi connectivity index (χ0v) is 6.27. The molecule has 3 heteroatoms. The highest BCUT2D eigenvalue weighted by molar-refractivity contribution is 5.86. The summed E-state index contributed by atoms with van der Waals surface area (Å²) in [6.45, 7) is 0. The lowest BCUT2D eigenvalue weighted by Gasteiger charge is -1.82.